The summed E-state index contributed by atoms with van der Waals surface area (Å²) in [7, 11) is 0. The molecule has 1 saturated heterocycles. The van der Waals surface area contributed by atoms with E-state index in [9.17, 15) is 9.59 Å². The molecule has 0 unspecified atom stereocenters. The molecule has 3 aromatic rings. The molecule has 4 rings (SSSR count). The van der Waals surface area contributed by atoms with Crippen molar-refractivity contribution in [3.05, 3.63) is 87.7 Å². The molecule has 6 nitrogen and oxygen atoms in total. The fourth-order valence-electron chi connectivity index (χ4n) is 3.96. The molecule has 0 N–H and O–H groups in total. The maximum atomic E-state index is 13.1. The Kier molecular flexibility index (Phi) is 7.97. The largest absolute Gasteiger partial charge is 0.365 e. The molecule has 1 amide bonds. The number of anilines is 1. The van der Waals surface area contributed by atoms with Crippen molar-refractivity contribution in [1.29, 1.82) is 5.26 Å². The summed E-state index contributed by atoms with van der Waals surface area (Å²) in [6.45, 7) is 3.98. The second-order valence-electron chi connectivity index (χ2n) is 8.17. The van der Waals surface area contributed by atoms with Gasteiger partial charge in [0.25, 0.3) is 5.91 Å². The SMILES string of the molecule is C[C@H]1CN(C(=O)c2ccc(SCC(=O)c3ccc(C#N)cn3)c(Cl)c2)CCN1c1cccc(Cl)c1. The van der Waals surface area contributed by atoms with Crippen LogP contribution in [0.5, 0.6) is 0 Å². The van der Waals surface area contributed by atoms with Crippen molar-refractivity contribution in [3.63, 3.8) is 0 Å². The first-order chi connectivity index (χ1) is 16.9. The van der Waals surface area contributed by atoms with E-state index in [-0.39, 0.29) is 23.5 Å². The van der Waals surface area contributed by atoms with Crippen molar-refractivity contribution in [3.8, 4) is 6.07 Å². The molecule has 0 bridgehead atoms. The van der Waals surface area contributed by atoms with Crippen LogP contribution < -0.4 is 4.90 Å². The van der Waals surface area contributed by atoms with Gasteiger partial charge in [0.05, 0.1) is 16.3 Å². The van der Waals surface area contributed by atoms with Gasteiger partial charge in [0, 0.05) is 53.0 Å². The summed E-state index contributed by atoms with van der Waals surface area (Å²) in [5.41, 5.74) is 2.26. The van der Waals surface area contributed by atoms with E-state index < -0.39 is 0 Å². The van der Waals surface area contributed by atoms with Gasteiger partial charge in [-0.25, -0.2) is 0 Å². The molecule has 1 fully saturated rings. The second-order valence-corrected chi connectivity index (χ2v) is 10.0. The lowest BCUT2D eigenvalue weighted by Crippen LogP contribution is -2.53. The summed E-state index contributed by atoms with van der Waals surface area (Å²) in [6, 6.07) is 18.1. The highest BCUT2D eigenvalue weighted by molar-refractivity contribution is 8.00. The van der Waals surface area contributed by atoms with Gasteiger partial charge in [-0.1, -0.05) is 29.3 Å². The van der Waals surface area contributed by atoms with Crippen LogP contribution in [-0.2, 0) is 0 Å². The number of Topliss-reactive ketones (excluding diaryl/α,β-unsaturated/α-hetero) is 1. The molecule has 0 radical (unpaired) electrons. The number of nitriles is 1. The Hall–Kier alpha value is -3.05. The van der Waals surface area contributed by atoms with Gasteiger partial charge in [-0.3, -0.25) is 14.6 Å². The van der Waals surface area contributed by atoms with E-state index in [1.165, 1.54) is 24.0 Å². The molecule has 1 aliphatic rings. The first-order valence-electron chi connectivity index (χ1n) is 11.0. The van der Waals surface area contributed by atoms with Gasteiger partial charge in [-0.15, -0.1) is 11.8 Å². The van der Waals surface area contributed by atoms with Crippen LogP contribution in [0.1, 0.15) is 33.3 Å². The summed E-state index contributed by atoms with van der Waals surface area (Å²) in [4.78, 5) is 34.4. The number of nitrogens with zero attached hydrogens (tertiary/aromatic N) is 4. The molecule has 0 aliphatic carbocycles. The number of hydrogen-bond acceptors (Lipinski definition) is 6. The van der Waals surface area contributed by atoms with E-state index in [1.54, 1.807) is 24.3 Å². The summed E-state index contributed by atoms with van der Waals surface area (Å²) >= 11 is 13.9. The minimum Gasteiger partial charge on any atom is -0.365 e. The average molecular weight is 525 g/mol. The third kappa shape index (κ3) is 5.96. The standard InChI is InChI=1S/C26H22Cl2N4O2S/c1-17-15-31(9-10-32(17)21-4-2-3-20(27)12-21)26(34)19-6-8-25(22(28)11-19)35-16-24(33)23-7-5-18(13-29)14-30-23/h2-8,11-12,14,17H,9-10,15-16H2,1H3/t17-/m0/s1. The minimum absolute atomic E-state index is 0.0705. The Morgan fingerprint density at radius 2 is 1.97 bits per heavy atom. The van der Waals surface area contributed by atoms with Gasteiger partial charge in [0.2, 0.25) is 0 Å². The molecule has 1 aromatic heterocycles. The number of ketones is 1. The zero-order chi connectivity index (χ0) is 24.9. The molecule has 1 atom stereocenters. The number of amides is 1. The molecule has 178 valence electrons. The van der Waals surface area contributed by atoms with E-state index >= 15 is 0 Å². The maximum absolute atomic E-state index is 13.1. The molecule has 9 heteroatoms. The van der Waals surface area contributed by atoms with Crippen molar-refractivity contribution in [1.82, 2.24) is 9.88 Å². The van der Waals surface area contributed by atoms with Crippen LogP contribution in [0.4, 0.5) is 5.69 Å². The number of thioether (sulfide) groups is 1. The molecule has 0 spiro atoms. The van der Waals surface area contributed by atoms with E-state index in [1.807, 2.05) is 35.2 Å². The minimum atomic E-state index is -0.165. The van der Waals surface area contributed by atoms with Crippen molar-refractivity contribution in [2.45, 2.75) is 17.9 Å². The van der Waals surface area contributed by atoms with Crippen LogP contribution in [0, 0.1) is 11.3 Å². The van der Waals surface area contributed by atoms with Gasteiger partial charge < -0.3 is 9.80 Å². The first-order valence-corrected chi connectivity index (χ1v) is 12.7. The summed E-state index contributed by atoms with van der Waals surface area (Å²) < 4.78 is 0. The first kappa shape index (κ1) is 25.1. The van der Waals surface area contributed by atoms with Gasteiger partial charge in [-0.05, 0) is 55.5 Å². The van der Waals surface area contributed by atoms with Crippen LogP contribution in [0.15, 0.2) is 65.7 Å². The predicted octanol–water partition coefficient (Wildman–Crippen LogP) is 5.59. The topological polar surface area (TPSA) is 77.3 Å². The summed E-state index contributed by atoms with van der Waals surface area (Å²) in [5.74, 6) is -0.0873. The van der Waals surface area contributed by atoms with Crippen molar-refractivity contribution in [2.75, 3.05) is 30.3 Å². The number of carbonyl (C=O) groups is 2. The quantitative estimate of drug-likeness (QED) is 0.309. The number of piperazine rings is 1. The Labute approximate surface area is 218 Å². The zero-order valence-corrected chi connectivity index (χ0v) is 21.3. The molecular formula is C26H22Cl2N4O2S. The lowest BCUT2D eigenvalue weighted by molar-refractivity contribution is 0.0726. The summed E-state index contributed by atoms with van der Waals surface area (Å²) in [6.07, 6.45) is 1.38. The Balaban J connectivity index is 1.36. The predicted molar refractivity (Wildman–Crippen MR) is 140 cm³/mol. The second kappa shape index (κ2) is 11.1. The lowest BCUT2D eigenvalue weighted by Gasteiger charge is -2.41. The zero-order valence-electron chi connectivity index (χ0n) is 18.9. The molecule has 0 saturated carbocycles. The number of rotatable bonds is 6. The fourth-order valence-corrected chi connectivity index (χ4v) is 5.28. The molecule has 2 heterocycles. The van der Waals surface area contributed by atoms with Crippen molar-refractivity contribution in [2.24, 2.45) is 0 Å². The Bertz CT molecular complexity index is 1290. The normalized spacial score (nSPS) is 15.5. The van der Waals surface area contributed by atoms with Crippen LogP contribution >= 0.6 is 35.0 Å². The van der Waals surface area contributed by atoms with E-state index in [2.05, 4.69) is 16.8 Å². The summed E-state index contributed by atoms with van der Waals surface area (Å²) in [5, 5.41) is 9.96. The van der Waals surface area contributed by atoms with E-state index in [4.69, 9.17) is 28.5 Å². The third-order valence-electron chi connectivity index (χ3n) is 5.77. The monoisotopic (exact) mass is 524 g/mol. The Morgan fingerprint density at radius 1 is 1.14 bits per heavy atom. The van der Waals surface area contributed by atoms with E-state index in [0.29, 0.717) is 51.4 Å². The number of aromatic nitrogens is 1. The average Bonchev–Trinajstić information content (AvgIpc) is 2.87. The number of carbonyl (C=O) groups excluding carboxylic acids is 2. The Morgan fingerprint density at radius 3 is 2.63 bits per heavy atom. The number of halogens is 2. The number of pyridine rings is 1. The van der Waals surface area contributed by atoms with Crippen LogP contribution in [0.25, 0.3) is 0 Å². The molecule has 2 aromatic carbocycles. The van der Waals surface area contributed by atoms with Crippen LogP contribution in [0.2, 0.25) is 10.0 Å². The number of benzene rings is 2. The molecular weight excluding hydrogens is 503 g/mol. The molecule has 1 aliphatic heterocycles. The van der Waals surface area contributed by atoms with E-state index in [0.717, 1.165) is 5.69 Å². The highest BCUT2D eigenvalue weighted by atomic mass is 35.5. The smallest absolute Gasteiger partial charge is 0.254 e. The van der Waals surface area contributed by atoms with Gasteiger partial charge >= 0.3 is 0 Å². The van der Waals surface area contributed by atoms with Crippen molar-refractivity contribution >= 4 is 52.3 Å². The lowest BCUT2D eigenvalue weighted by atomic mass is 10.1. The number of hydrogen-bond donors (Lipinski definition) is 0. The highest BCUT2D eigenvalue weighted by Crippen LogP contribution is 2.30. The van der Waals surface area contributed by atoms with Gasteiger partial charge in [0.1, 0.15) is 11.8 Å². The van der Waals surface area contributed by atoms with Gasteiger partial charge in [-0.2, -0.15) is 5.26 Å². The van der Waals surface area contributed by atoms with Crippen LogP contribution in [0.3, 0.4) is 0 Å². The fraction of sp³-hybridized carbons (Fsp3) is 0.231. The maximum Gasteiger partial charge on any atom is 0.254 e. The van der Waals surface area contributed by atoms with Crippen molar-refractivity contribution < 1.29 is 9.59 Å². The highest BCUT2D eigenvalue weighted by Gasteiger charge is 2.28. The third-order valence-corrected chi connectivity index (χ3v) is 7.50. The molecule has 35 heavy (non-hydrogen) atoms. The van der Waals surface area contributed by atoms with Gasteiger partial charge in [0.15, 0.2) is 5.78 Å². The van der Waals surface area contributed by atoms with Crippen LogP contribution in [-0.4, -0.2) is 53.0 Å².